The van der Waals surface area contributed by atoms with Gasteiger partial charge in [0.05, 0.1) is 0 Å². The molecule has 3 heteroatoms. The molecule has 14 heavy (non-hydrogen) atoms. The first kappa shape index (κ1) is 11.8. The van der Waals surface area contributed by atoms with Crippen molar-refractivity contribution in [1.29, 1.82) is 0 Å². The van der Waals surface area contributed by atoms with E-state index >= 15 is 0 Å². The van der Waals surface area contributed by atoms with Gasteiger partial charge in [-0.3, -0.25) is 0 Å². The molecule has 1 aromatic rings. The molecule has 0 bridgehead atoms. The Balaban J connectivity index is 2.55. The molecule has 76 valence electrons. The quantitative estimate of drug-likeness (QED) is 0.826. The summed E-state index contributed by atoms with van der Waals surface area (Å²) in [6.45, 7) is 4.27. The van der Waals surface area contributed by atoms with E-state index < -0.39 is 0 Å². The van der Waals surface area contributed by atoms with Crippen molar-refractivity contribution < 1.29 is 0 Å². The Labute approximate surface area is 98.0 Å². The van der Waals surface area contributed by atoms with Crippen LogP contribution < -0.4 is 5.32 Å². The third-order valence-electron chi connectivity index (χ3n) is 2.00. The Morgan fingerprint density at radius 3 is 2.86 bits per heavy atom. The van der Waals surface area contributed by atoms with Crippen LogP contribution in [0.4, 0.5) is 0 Å². The largest absolute Gasteiger partial charge is 0.306 e. The summed E-state index contributed by atoms with van der Waals surface area (Å²) < 4.78 is 1.18. The molecule has 0 saturated heterocycles. The van der Waals surface area contributed by atoms with E-state index in [0.717, 1.165) is 6.42 Å². The average molecular weight is 272 g/mol. The van der Waals surface area contributed by atoms with E-state index in [1.165, 1.54) is 9.35 Å². The Hall–Kier alpha value is -0.300. The van der Waals surface area contributed by atoms with Crippen LogP contribution >= 0.6 is 27.3 Å². The number of thiophene rings is 1. The normalized spacial score (nSPS) is 14.7. The highest BCUT2D eigenvalue weighted by atomic mass is 79.9. The van der Waals surface area contributed by atoms with Gasteiger partial charge in [-0.1, -0.05) is 0 Å². The SMILES string of the molecule is C#CCC(C)NC(C)c1sccc1Br. The Morgan fingerprint density at radius 2 is 2.36 bits per heavy atom. The maximum absolute atomic E-state index is 5.26. The molecule has 0 aliphatic heterocycles. The van der Waals surface area contributed by atoms with Gasteiger partial charge in [-0.05, 0) is 41.2 Å². The molecule has 1 N–H and O–H groups in total. The fraction of sp³-hybridized carbons (Fsp3) is 0.455. The van der Waals surface area contributed by atoms with E-state index in [9.17, 15) is 0 Å². The molecule has 1 aromatic heterocycles. The average Bonchev–Trinajstić information content (AvgIpc) is 2.51. The second kappa shape index (κ2) is 5.55. The molecule has 0 aromatic carbocycles. The van der Waals surface area contributed by atoms with Gasteiger partial charge in [-0.2, -0.15) is 0 Å². The number of nitrogens with one attached hydrogen (secondary N) is 1. The fourth-order valence-corrected chi connectivity index (χ4v) is 3.09. The minimum Gasteiger partial charge on any atom is -0.306 e. The Bertz CT molecular complexity index is 326. The molecule has 0 saturated carbocycles. The molecule has 2 atom stereocenters. The number of rotatable bonds is 4. The second-order valence-corrected chi connectivity index (χ2v) is 5.13. The van der Waals surface area contributed by atoms with Crippen LogP contribution in [0.3, 0.4) is 0 Å². The van der Waals surface area contributed by atoms with E-state index in [-0.39, 0.29) is 0 Å². The zero-order valence-corrected chi connectivity index (χ0v) is 10.8. The molecule has 1 nitrogen and oxygen atoms in total. The monoisotopic (exact) mass is 271 g/mol. The predicted octanol–water partition coefficient (Wildman–Crippen LogP) is 3.57. The van der Waals surface area contributed by atoms with Gasteiger partial charge < -0.3 is 5.32 Å². The van der Waals surface area contributed by atoms with Crippen molar-refractivity contribution in [1.82, 2.24) is 5.32 Å². The highest BCUT2D eigenvalue weighted by molar-refractivity contribution is 9.10. The van der Waals surface area contributed by atoms with Crippen molar-refractivity contribution >= 4 is 27.3 Å². The molecule has 1 rings (SSSR count). The van der Waals surface area contributed by atoms with Crippen molar-refractivity contribution in [3.8, 4) is 12.3 Å². The Kier molecular flexibility index (Phi) is 4.67. The van der Waals surface area contributed by atoms with Crippen LogP contribution in [0.2, 0.25) is 0 Å². The molecular weight excluding hydrogens is 258 g/mol. The van der Waals surface area contributed by atoms with Crippen LogP contribution in [-0.4, -0.2) is 6.04 Å². The molecule has 0 aliphatic carbocycles. The third-order valence-corrected chi connectivity index (χ3v) is 4.05. The number of hydrogen-bond acceptors (Lipinski definition) is 2. The summed E-state index contributed by atoms with van der Waals surface area (Å²) in [5, 5.41) is 5.55. The van der Waals surface area contributed by atoms with Crippen molar-refractivity contribution in [3.63, 3.8) is 0 Å². The molecule has 0 spiro atoms. The molecule has 0 radical (unpaired) electrons. The van der Waals surface area contributed by atoms with Crippen LogP contribution in [0.25, 0.3) is 0 Å². The minimum absolute atomic E-state index is 0.354. The highest BCUT2D eigenvalue weighted by Gasteiger charge is 2.12. The molecule has 2 unspecified atom stereocenters. The highest BCUT2D eigenvalue weighted by Crippen LogP contribution is 2.28. The first-order valence-corrected chi connectivity index (χ1v) is 6.24. The van der Waals surface area contributed by atoms with E-state index in [1.54, 1.807) is 11.3 Å². The smallest absolute Gasteiger partial charge is 0.0399 e. The van der Waals surface area contributed by atoms with Gasteiger partial charge >= 0.3 is 0 Å². The summed E-state index contributed by atoms with van der Waals surface area (Å²) in [7, 11) is 0. The summed E-state index contributed by atoms with van der Waals surface area (Å²) in [5.41, 5.74) is 0. The summed E-state index contributed by atoms with van der Waals surface area (Å²) in [5.74, 6) is 2.66. The number of hydrogen-bond donors (Lipinski definition) is 1. The molecular formula is C11H14BrNS. The van der Waals surface area contributed by atoms with Crippen LogP contribution in [0.1, 0.15) is 31.2 Å². The van der Waals surface area contributed by atoms with E-state index in [2.05, 4.69) is 52.5 Å². The third kappa shape index (κ3) is 3.13. The van der Waals surface area contributed by atoms with Crippen molar-refractivity contribution in [2.24, 2.45) is 0 Å². The first-order chi connectivity index (χ1) is 6.65. The van der Waals surface area contributed by atoms with Gasteiger partial charge in [-0.25, -0.2) is 0 Å². The summed E-state index contributed by atoms with van der Waals surface area (Å²) >= 11 is 5.28. The van der Waals surface area contributed by atoms with Crippen LogP contribution in [0.5, 0.6) is 0 Å². The molecule has 0 fully saturated rings. The van der Waals surface area contributed by atoms with Gasteiger partial charge in [0.25, 0.3) is 0 Å². The van der Waals surface area contributed by atoms with Crippen LogP contribution in [-0.2, 0) is 0 Å². The molecule has 1 heterocycles. The Morgan fingerprint density at radius 1 is 1.64 bits per heavy atom. The fourth-order valence-electron chi connectivity index (χ4n) is 1.35. The second-order valence-electron chi connectivity index (χ2n) is 3.33. The van der Waals surface area contributed by atoms with Gasteiger partial charge in [0.15, 0.2) is 0 Å². The van der Waals surface area contributed by atoms with Gasteiger partial charge in [0.1, 0.15) is 0 Å². The zero-order chi connectivity index (χ0) is 10.6. The summed E-state index contributed by atoms with van der Waals surface area (Å²) in [6, 6.07) is 2.79. The van der Waals surface area contributed by atoms with E-state index in [4.69, 9.17) is 6.42 Å². The van der Waals surface area contributed by atoms with Gasteiger partial charge in [0, 0.05) is 27.9 Å². The molecule has 0 amide bonds. The lowest BCUT2D eigenvalue weighted by Crippen LogP contribution is -2.28. The summed E-state index contributed by atoms with van der Waals surface area (Å²) in [6.07, 6.45) is 6.03. The van der Waals surface area contributed by atoms with E-state index in [1.807, 2.05) is 0 Å². The molecule has 0 aliphatic rings. The number of halogens is 1. The predicted molar refractivity (Wildman–Crippen MR) is 66.5 cm³/mol. The van der Waals surface area contributed by atoms with E-state index in [0.29, 0.717) is 12.1 Å². The maximum atomic E-state index is 5.26. The zero-order valence-electron chi connectivity index (χ0n) is 8.38. The van der Waals surface area contributed by atoms with Gasteiger partial charge in [0.2, 0.25) is 0 Å². The van der Waals surface area contributed by atoms with Crippen molar-refractivity contribution in [3.05, 3.63) is 20.8 Å². The van der Waals surface area contributed by atoms with Crippen LogP contribution in [0, 0.1) is 12.3 Å². The summed E-state index contributed by atoms with van der Waals surface area (Å²) in [4.78, 5) is 1.33. The van der Waals surface area contributed by atoms with Crippen molar-refractivity contribution in [2.75, 3.05) is 0 Å². The lowest BCUT2D eigenvalue weighted by atomic mass is 10.2. The standard InChI is InChI=1S/C11H14BrNS/c1-4-5-8(2)13-9(3)11-10(12)6-7-14-11/h1,6-9,13H,5H2,2-3H3. The van der Waals surface area contributed by atoms with Crippen LogP contribution in [0.15, 0.2) is 15.9 Å². The maximum Gasteiger partial charge on any atom is 0.0399 e. The van der Waals surface area contributed by atoms with Gasteiger partial charge in [-0.15, -0.1) is 23.7 Å². The topological polar surface area (TPSA) is 12.0 Å². The lowest BCUT2D eigenvalue weighted by molar-refractivity contribution is 0.490. The first-order valence-electron chi connectivity index (χ1n) is 4.57. The minimum atomic E-state index is 0.354. The van der Waals surface area contributed by atoms with Crippen molar-refractivity contribution in [2.45, 2.75) is 32.4 Å². The lowest BCUT2D eigenvalue weighted by Gasteiger charge is -2.17. The number of terminal acetylenes is 1.